The molecule has 10 aliphatic rings. The van der Waals surface area contributed by atoms with E-state index in [1.165, 1.54) is 0 Å². The fraction of sp³-hybridized carbons (Fsp3) is 1.00. The molecule has 72 heavy (non-hydrogen) atoms. The van der Waals surface area contributed by atoms with E-state index in [0.717, 1.165) is 58.0 Å². The lowest BCUT2D eigenvalue weighted by Gasteiger charge is -2.61. The number of aliphatic hydroxyl groups excluding tert-OH is 13. The molecule has 32 unspecified atom stereocenters. The lowest BCUT2D eigenvalue weighted by Crippen LogP contribution is -2.70. The minimum atomic E-state index is -2.09. The summed E-state index contributed by atoms with van der Waals surface area (Å²) >= 11 is 0. The highest BCUT2D eigenvalue weighted by atomic mass is 16.8. The second kappa shape index (κ2) is 20.7. The molecule has 13 N–H and O–H groups in total. The van der Waals surface area contributed by atoms with Crippen molar-refractivity contribution in [3.8, 4) is 0 Å². The van der Waals surface area contributed by atoms with Gasteiger partial charge in [0.05, 0.1) is 38.6 Å². The van der Waals surface area contributed by atoms with Crippen LogP contribution in [0.25, 0.3) is 0 Å². The highest BCUT2D eigenvalue weighted by Gasteiger charge is 2.69. The quantitative estimate of drug-likeness (QED) is 0.0978. The third-order valence-electron chi connectivity index (χ3n) is 20.3. The molecule has 0 amide bonds. The summed E-state index contributed by atoms with van der Waals surface area (Å²) in [5.41, 5.74) is 0.154. The van der Waals surface area contributed by atoms with E-state index in [9.17, 15) is 66.4 Å². The zero-order chi connectivity index (χ0) is 51.5. The van der Waals surface area contributed by atoms with Gasteiger partial charge in [0.25, 0.3) is 0 Å². The van der Waals surface area contributed by atoms with Gasteiger partial charge >= 0.3 is 0 Å². The molecule has 0 aromatic rings. The predicted molar refractivity (Wildman–Crippen MR) is 242 cm³/mol. The number of ether oxygens (including phenoxy) is 9. The Balaban J connectivity index is 0.881. The lowest BCUT2D eigenvalue weighted by atomic mass is 9.44. The first-order valence-electron chi connectivity index (χ1n) is 26.7. The molecule has 414 valence electrons. The van der Waals surface area contributed by atoms with Crippen LogP contribution in [0.15, 0.2) is 0 Å². The van der Waals surface area contributed by atoms with E-state index in [1.807, 2.05) is 0 Å². The molecule has 10 rings (SSSR count). The first-order valence-corrected chi connectivity index (χ1v) is 26.7. The van der Waals surface area contributed by atoms with Gasteiger partial charge in [-0.3, -0.25) is 0 Å². The molecule has 5 heterocycles. The molecule has 0 aromatic carbocycles. The highest BCUT2D eigenvalue weighted by Crippen LogP contribution is 2.71. The molecule has 5 saturated heterocycles. The SMILES string of the molecule is CC1CCC2(OC1)OC1CC3C4CCC5CC(OC6OC(CO)C(OC7OCC(O)C(O)C7O)C(O)C6OC6C(O)C(O)C(O)C(O)C6OC6OC(CO)C(O)C(O)C6O)CCC5(C)C4CCC3(C)C1C2C. The summed E-state index contributed by atoms with van der Waals surface area (Å²) in [5, 5.41) is 141. The van der Waals surface area contributed by atoms with Crippen molar-refractivity contribution in [2.24, 2.45) is 52.3 Å². The van der Waals surface area contributed by atoms with Crippen molar-refractivity contribution in [1.82, 2.24) is 0 Å². The van der Waals surface area contributed by atoms with Gasteiger partial charge < -0.3 is 109 Å². The van der Waals surface area contributed by atoms with Gasteiger partial charge in [0, 0.05) is 12.3 Å². The molecule has 1 spiro atoms. The van der Waals surface area contributed by atoms with Gasteiger partial charge in [-0.25, -0.2) is 0 Å². The second-order valence-corrected chi connectivity index (χ2v) is 24.1. The predicted octanol–water partition coefficient (Wildman–Crippen LogP) is -2.88. The van der Waals surface area contributed by atoms with E-state index in [4.69, 9.17) is 42.6 Å². The van der Waals surface area contributed by atoms with Crippen LogP contribution in [0.3, 0.4) is 0 Å². The number of fused-ring (bicyclic) bond motifs is 7. The number of aliphatic hydroxyl groups is 13. The van der Waals surface area contributed by atoms with Crippen LogP contribution in [0.4, 0.5) is 0 Å². The molecule has 5 aliphatic carbocycles. The van der Waals surface area contributed by atoms with E-state index in [-0.39, 0.29) is 22.9 Å². The Hall–Kier alpha value is -0.880. The van der Waals surface area contributed by atoms with Crippen LogP contribution in [0, 0.1) is 52.3 Å². The summed E-state index contributed by atoms with van der Waals surface area (Å²) in [5.74, 6) is 2.65. The summed E-state index contributed by atoms with van der Waals surface area (Å²) < 4.78 is 56.0. The number of rotatable bonds is 10. The Morgan fingerprint density at radius 2 is 1.15 bits per heavy atom. The molecule has 5 aliphatic heterocycles. The Kier molecular flexibility index (Phi) is 15.7. The van der Waals surface area contributed by atoms with E-state index in [2.05, 4.69) is 27.7 Å². The monoisotopic (exact) mass is 1030 g/mol. The normalized spacial score (nSPS) is 58.9. The summed E-state index contributed by atoms with van der Waals surface area (Å²) in [4.78, 5) is 0. The Morgan fingerprint density at radius 1 is 0.514 bits per heavy atom. The fourth-order valence-corrected chi connectivity index (χ4v) is 16.1. The first kappa shape index (κ1) is 54.5. The third-order valence-corrected chi connectivity index (χ3v) is 20.3. The van der Waals surface area contributed by atoms with Crippen LogP contribution >= 0.6 is 0 Å². The number of hydrogen-bond acceptors (Lipinski definition) is 22. The minimum Gasteiger partial charge on any atom is -0.394 e. The van der Waals surface area contributed by atoms with Crippen LogP contribution in [-0.2, 0) is 42.6 Å². The summed E-state index contributed by atoms with van der Waals surface area (Å²) in [6.07, 6.45) is -27.0. The van der Waals surface area contributed by atoms with Crippen LogP contribution in [0.1, 0.15) is 91.9 Å². The lowest BCUT2D eigenvalue weighted by molar-refractivity contribution is -0.380. The topological polar surface area (TPSA) is 346 Å². The smallest absolute Gasteiger partial charge is 0.187 e. The van der Waals surface area contributed by atoms with Crippen molar-refractivity contribution in [3.63, 3.8) is 0 Å². The second-order valence-electron chi connectivity index (χ2n) is 24.1. The van der Waals surface area contributed by atoms with Crippen molar-refractivity contribution in [3.05, 3.63) is 0 Å². The molecule has 32 atom stereocenters. The van der Waals surface area contributed by atoms with Crippen molar-refractivity contribution < 1.29 is 109 Å². The van der Waals surface area contributed by atoms with Gasteiger partial charge in [-0.2, -0.15) is 0 Å². The van der Waals surface area contributed by atoms with E-state index in [0.29, 0.717) is 48.3 Å². The average Bonchev–Trinajstić information content (AvgIpc) is 3.81. The minimum absolute atomic E-state index is 0.000787. The van der Waals surface area contributed by atoms with Gasteiger partial charge in [-0.05, 0) is 104 Å². The van der Waals surface area contributed by atoms with Gasteiger partial charge in [0.2, 0.25) is 0 Å². The fourth-order valence-electron chi connectivity index (χ4n) is 16.1. The maximum Gasteiger partial charge on any atom is 0.187 e. The van der Waals surface area contributed by atoms with E-state index in [1.54, 1.807) is 0 Å². The van der Waals surface area contributed by atoms with Crippen molar-refractivity contribution in [2.75, 3.05) is 26.4 Å². The molecule has 22 heteroatoms. The van der Waals surface area contributed by atoms with Gasteiger partial charge in [-0.15, -0.1) is 0 Å². The van der Waals surface area contributed by atoms with Crippen LogP contribution in [-0.4, -0.2) is 233 Å². The molecule has 0 radical (unpaired) electrons. The maximum absolute atomic E-state index is 12.3. The first-order chi connectivity index (χ1) is 34.2. The molecule has 5 saturated carbocycles. The summed E-state index contributed by atoms with van der Waals surface area (Å²) in [6.45, 7) is 8.22. The molecule has 0 aromatic heterocycles. The van der Waals surface area contributed by atoms with Gasteiger partial charge in [-0.1, -0.05) is 27.7 Å². The van der Waals surface area contributed by atoms with Crippen LogP contribution in [0.2, 0.25) is 0 Å². The van der Waals surface area contributed by atoms with Crippen LogP contribution in [0.5, 0.6) is 0 Å². The Morgan fingerprint density at radius 3 is 1.83 bits per heavy atom. The zero-order valence-corrected chi connectivity index (χ0v) is 41.6. The standard InChI is InChI=1S/C50H82O22/c1-19-7-12-50(65-17-19)20(2)30-27(72-50)14-25-23-6-5-21-13-22(8-10-48(21,3)24(23)9-11-49(25,30)4)66-47-44(40(63)41(29(16-52)68-47)70-45-38(61)31(54)26(53)18-64-45)69-42-36(59)34(57)35(58)37(60)43(42)71-46-39(62)33(56)32(55)28(15-51)67-46/h19-47,51-63H,5-18H2,1-4H3. The highest BCUT2D eigenvalue weighted by molar-refractivity contribution is 5.16. The Labute approximate surface area is 419 Å². The molecule has 10 fully saturated rings. The van der Waals surface area contributed by atoms with Crippen molar-refractivity contribution in [1.29, 1.82) is 0 Å². The van der Waals surface area contributed by atoms with E-state index < -0.39 is 154 Å². The third kappa shape index (κ3) is 9.06. The van der Waals surface area contributed by atoms with Crippen molar-refractivity contribution >= 4 is 0 Å². The zero-order valence-electron chi connectivity index (χ0n) is 41.6. The van der Waals surface area contributed by atoms with E-state index >= 15 is 0 Å². The van der Waals surface area contributed by atoms with Crippen molar-refractivity contribution in [2.45, 2.75) is 233 Å². The largest absolute Gasteiger partial charge is 0.394 e. The Bertz CT molecular complexity index is 1840. The molecule has 22 nitrogen and oxygen atoms in total. The van der Waals surface area contributed by atoms with Gasteiger partial charge in [0.15, 0.2) is 24.7 Å². The molecular weight excluding hydrogens is 953 g/mol. The summed E-state index contributed by atoms with van der Waals surface area (Å²) in [6, 6.07) is 0. The molecule has 0 bridgehead atoms. The maximum atomic E-state index is 12.3. The van der Waals surface area contributed by atoms with Crippen LogP contribution < -0.4 is 0 Å². The summed E-state index contributed by atoms with van der Waals surface area (Å²) in [7, 11) is 0. The molecular formula is C50H82O22. The van der Waals surface area contributed by atoms with Gasteiger partial charge in [0.1, 0.15) is 104 Å². The average molecular weight is 1040 g/mol. The number of hydrogen-bond donors (Lipinski definition) is 13.